The number of piperazine rings is 1. The molecule has 2 aromatic carbocycles. The normalized spacial score (nSPS) is 14.2. The lowest BCUT2D eigenvalue weighted by atomic mass is 10.1. The summed E-state index contributed by atoms with van der Waals surface area (Å²) in [5.74, 6) is 0.710. The van der Waals surface area contributed by atoms with Crippen LogP contribution in [0.25, 0.3) is 11.3 Å². The molecule has 1 saturated heterocycles. The molecule has 0 saturated carbocycles. The van der Waals surface area contributed by atoms with Crippen molar-refractivity contribution in [1.82, 2.24) is 10.1 Å². The molecule has 1 aliphatic heterocycles. The number of hydrogen-bond acceptors (Lipinski definition) is 5. The van der Waals surface area contributed by atoms with E-state index in [0.717, 1.165) is 24.5 Å². The average molecular weight is 381 g/mol. The first-order valence-electron chi connectivity index (χ1n) is 9.04. The van der Waals surface area contributed by atoms with Gasteiger partial charge in [-0.3, -0.25) is 4.79 Å². The molecule has 0 spiro atoms. The lowest BCUT2D eigenvalue weighted by Crippen LogP contribution is -2.48. The highest BCUT2D eigenvalue weighted by molar-refractivity contribution is 5.99. The number of benzene rings is 2. The summed E-state index contributed by atoms with van der Waals surface area (Å²) in [7, 11) is 1.64. The fourth-order valence-corrected chi connectivity index (χ4v) is 3.33. The van der Waals surface area contributed by atoms with Crippen LogP contribution in [0.4, 0.5) is 10.1 Å². The quantitative estimate of drug-likeness (QED) is 0.693. The minimum absolute atomic E-state index is 0.130. The first-order chi connectivity index (χ1) is 13.7. The van der Waals surface area contributed by atoms with Crippen LogP contribution in [-0.4, -0.2) is 49.3 Å². The molecule has 0 N–H and O–H groups in total. The number of amides is 1. The molecule has 2 heterocycles. The summed E-state index contributed by atoms with van der Waals surface area (Å²) < 4.78 is 23.6. The standard InChI is InChI=1S/C21H20FN3O3/c1-27-18-8-6-17(7-9-18)24-10-12-25(13-11-24)21(26)19-14-23-28-20(19)15-2-4-16(22)5-3-15/h2-9,14H,10-13H2,1H3. The number of methoxy groups -OCH3 is 1. The molecule has 0 radical (unpaired) electrons. The fraction of sp³-hybridized carbons (Fsp3) is 0.238. The highest BCUT2D eigenvalue weighted by Gasteiger charge is 2.26. The molecule has 0 unspecified atom stereocenters. The van der Waals surface area contributed by atoms with Gasteiger partial charge in [0.15, 0.2) is 5.76 Å². The Morgan fingerprint density at radius 1 is 1.04 bits per heavy atom. The first kappa shape index (κ1) is 18.0. The minimum atomic E-state index is -0.342. The van der Waals surface area contributed by atoms with Crippen LogP contribution in [0.3, 0.4) is 0 Å². The second-order valence-electron chi connectivity index (χ2n) is 6.55. The van der Waals surface area contributed by atoms with Crippen molar-refractivity contribution in [3.8, 4) is 17.1 Å². The van der Waals surface area contributed by atoms with E-state index in [0.29, 0.717) is 30.0 Å². The largest absolute Gasteiger partial charge is 0.497 e. The number of hydrogen-bond donors (Lipinski definition) is 0. The van der Waals surface area contributed by atoms with Crippen LogP contribution >= 0.6 is 0 Å². The SMILES string of the molecule is COc1ccc(N2CCN(C(=O)c3cnoc3-c3ccc(F)cc3)CC2)cc1. The average Bonchev–Trinajstić information content (AvgIpc) is 3.24. The minimum Gasteiger partial charge on any atom is -0.497 e. The Morgan fingerprint density at radius 2 is 1.71 bits per heavy atom. The Morgan fingerprint density at radius 3 is 2.36 bits per heavy atom. The van der Waals surface area contributed by atoms with Crippen LogP contribution in [-0.2, 0) is 0 Å². The highest BCUT2D eigenvalue weighted by atomic mass is 19.1. The van der Waals surface area contributed by atoms with E-state index in [1.807, 2.05) is 24.3 Å². The summed E-state index contributed by atoms with van der Waals surface area (Å²) >= 11 is 0. The van der Waals surface area contributed by atoms with Gasteiger partial charge in [-0.2, -0.15) is 0 Å². The maximum Gasteiger partial charge on any atom is 0.259 e. The molecule has 3 aromatic rings. The van der Waals surface area contributed by atoms with E-state index in [2.05, 4.69) is 10.1 Å². The molecule has 1 aromatic heterocycles. The molecule has 4 rings (SSSR count). The van der Waals surface area contributed by atoms with Gasteiger partial charge in [-0.1, -0.05) is 5.16 Å². The van der Waals surface area contributed by atoms with Gasteiger partial charge in [0.1, 0.15) is 17.1 Å². The van der Waals surface area contributed by atoms with Gasteiger partial charge in [0.05, 0.1) is 13.3 Å². The van der Waals surface area contributed by atoms with E-state index in [-0.39, 0.29) is 11.7 Å². The van der Waals surface area contributed by atoms with Gasteiger partial charge in [-0.05, 0) is 48.5 Å². The van der Waals surface area contributed by atoms with Gasteiger partial charge in [0, 0.05) is 37.4 Å². The number of nitrogens with zero attached hydrogens (tertiary/aromatic N) is 3. The van der Waals surface area contributed by atoms with Crippen molar-refractivity contribution < 1.29 is 18.4 Å². The maximum atomic E-state index is 13.2. The number of halogens is 1. The Labute approximate surface area is 162 Å². The molecule has 0 bridgehead atoms. The molecule has 28 heavy (non-hydrogen) atoms. The number of carbonyl (C=O) groups is 1. The molecule has 1 aliphatic rings. The van der Waals surface area contributed by atoms with E-state index in [1.54, 1.807) is 24.1 Å². The van der Waals surface area contributed by atoms with Gasteiger partial charge in [0.2, 0.25) is 0 Å². The molecule has 0 aliphatic carbocycles. The zero-order valence-electron chi connectivity index (χ0n) is 15.5. The van der Waals surface area contributed by atoms with Gasteiger partial charge < -0.3 is 19.1 Å². The Bertz CT molecular complexity index is 946. The monoisotopic (exact) mass is 381 g/mol. The highest BCUT2D eigenvalue weighted by Crippen LogP contribution is 2.26. The van der Waals surface area contributed by atoms with Crippen LogP contribution < -0.4 is 9.64 Å². The fourth-order valence-electron chi connectivity index (χ4n) is 3.33. The summed E-state index contributed by atoms with van der Waals surface area (Å²) in [6, 6.07) is 13.7. The third kappa shape index (κ3) is 3.55. The van der Waals surface area contributed by atoms with Gasteiger partial charge in [-0.15, -0.1) is 0 Å². The van der Waals surface area contributed by atoms with E-state index in [9.17, 15) is 9.18 Å². The van der Waals surface area contributed by atoms with Crippen molar-refractivity contribution in [3.63, 3.8) is 0 Å². The third-order valence-electron chi connectivity index (χ3n) is 4.91. The van der Waals surface area contributed by atoms with Crippen LogP contribution in [0.5, 0.6) is 5.75 Å². The molecule has 6 nitrogen and oxygen atoms in total. The van der Waals surface area contributed by atoms with E-state index < -0.39 is 0 Å². The lowest BCUT2D eigenvalue weighted by molar-refractivity contribution is 0.0747. The Balaban J connectivity index is 1.44. The molecule has 144 valence electrons. The smallest absolute Gasteiger partial charge is 0.259 e. The molecule has 1 fully saturated rings. The van der Waals surface area contributed by atoms with E-state index in [1.165, 1.54) is 18.3 Å². The molecule has 1 amide bonds. The van der Waals surface area contributed by atoms with Gasteiger partial charge >= 0.3 is 0 Å². The van der Waals surface area contributed by atoms with Crippen molar-refractivity contribution in [1.29, 1.82) is 0 Å². The molecular formula is C21H20FN3O3. The van der Waals surface area contributed by atoms with Gasteiger partial charge in [-0.25, -0.2) is 4.39 Å². The molecular weight excluding hydrogens is 361 g/mol. The third-order valence-corrected chi connectivity index (χ3v) is 4.91. The Hall–Kier alpha value is -3.35. The predicted octanol–water partition coefficient (Wildman–Crippen LogP) is 3.45. The maximum absolute atomic E-state index is 13.2. The first-order valence-corrected chi connectivity index (χ1v) is 9.04. The van der Waals surface area contributed by atoms with Crippen molar-refractivity contribution in [3.05, 3.63) is 66.1 Å². The van der Waals surface area contributed by atoms with Gasteiger partial charge in [0.25, 0.3) is 5.91 Å². The van der Waals surface area contributed by atoms with Crippen molar-refractivity contribution in [2.45, 2.75) is 0 Å². The number of carbonyl (C=O) groups excluding carboxylic acids is 1. The summed E-state index contributed by atoms with van der Waals surface area (Å²) in [4.78, 5) is 17.0. The zero-order valence-corrected chi connectivity index (χ0v) is 15.5. The summed E-state index contributed by atoms with van der Waals surface area (Å²) in [5, 5.41) is 3.78. The van der Waals surface area contributed by atoms with Crippen LogP contribution in [0.2, 0.25) is 0 Å². The number of anilines is 1. The Kier molecular flexibility index (Phi) is 4.97. The van der Waals surface area contributed by atoms with Crippen molar-refractivity contribution in [2.75, 3.05) is 38.2 Å². The van der Waals surface area contributed by atoms with Crippen molar-refractivity contribution in [2.24, 2.45) is 0 Å². The number of rotatable bonds is 4. The molecule has 7 heteroatoms. The topological polar surface area (TPSA) is 58.8 Å². The van der Waals surface area contributed by atoms with E-state index in [4.69, 9.17) is 9.26 Å². The number of aromatic nitrogens is 1. The number of ether oxygens (including phenoxy) is 1. The summed E-state index contributed by atoms with van der Waals surface area (Å²) in [6.07, 6.45) is 1.43. The van der Waals surface area contributed by atoms with Crippen LogP contribution in [0.15, 0.2) is 59.3 Å². The second kappa shape index (κ2) is 7.72. The summed E-state index contributed by atoms with van der Waals surface area (Å²) in [6.45, 7) is 2.66. The zero-order chi connectivity index (χ0) is 19.5. The molecule has 0 atom stereocenters. The van der Waals surface area contributed by atoms with Crippen LogP contribution in [0, 0.1) is 5.82 Å². The lowest BCUT2D eigenvalue weighted by Gasteiger charge is -2.36. The second-order valence-corrected chi connectivity index (χ2v) is 6.55. The predicted molar refractivity (Wildman–Crippen MR) is 103 cm³/mol. The summed E-state index contributed by atoms with van der Waals surface area (Å²) in [5.41, 5.74) is 2.12. The van der Waals surface area contributed by atoms with E-state index >= 15 is 0 Å². The van der Waals surface area contributed by atoms with Crippen molar-refractivity contribution >= 4 is 11.6 Å². The van der Waals surface area contributed by atoms with Crippen LogP contribution in [0.1, 0.15) is 10.4 Å².